The molecule has 6 nitrogen and oxygen atoms in total. The largest absolute Gasteiger partial charge is 0.469 e. The van der Waals surface area contributed by atoms with E-state index in [9.17, 15) is 19.2 Å². The van der Waals surface area contributed by atoms with Crippen LogP contribution in [-0.4, -0.2) is 37.7 Å². The second kappa shape index (κ2) is 4.10. The van der Waals surface area contributed by atoms with Gasteiger partial charge in [-0.25, -0.2) is 0 Å². The average Bonchev–Trinajstić information content (AvgIpc) is 3.48. The summed E-state index contributed by atoms with van der Waals surface area (Å²) in [5.41, 5.74) is -2.80. The molecule has 8 bridgehead atoms. The van der Waals surface area contributed by atoms with Gasteiger partial charge in [0.15, 0.2) is 0 Å². The maximum Gasteiger partial charge on any atom is 0.313 e. The van der Waals surface area contributed by atoms with E-state index >= 15 is 0 Å². The molecule has 8 rings (SSSR count). The predicted molar refractivity (Wildman–Crippen MR) is 92.4 cm³/mol. The van der Waals surface area contributed by atoms with Gasteiger partial charge < -0.3 is 9.47 Å². The summed E-state index contributed by atoms with van der Waals surface area (Å²) in [6.45, 7) is 0. The number of Topliss-reactive ketones (excluding diaryl/α,β-unsaturated/α-hetero) is 2. The lowest BCUT2D eigenvalue weighted by Gasteiger charge is -2.63. The highest BCUT2D eigenvalue weighted by molar-refractivity contribution is 6.02. The highest BCUT2D eigenvalue weighted by Crippen LogP contribution is 2.99. The molecule has 10 atom stereocenters. The van der Waals surface area contributed by atoms with Crippen LogP contribution in [0.4, 0.5) is 0 Å². The first-order valence-corrected chi connectivity index (χ1v) is 10.6. The number of ether oxygens (including phenoxy) is 2. The lowest BCUT2D eigenvalue weighted by molar-refractivity contribution is -0.221. The van der Waals surface area contributed by atoms with E-state index in [4.69, 9.17) is 9.47 Å². The van der Waals surface area contributed by atoms with Gasteiger partial charge in [-0.05, 0) is 61.2 Å². The number of methoxy groups -OCH3 is 2. The molecule has 6 heteroatoms. The van der Waals surface area contributed by atoms with Gasteiger partial charge in [0.25, 0.3) is 0 Å². The zero-order valence-corrected chi connectivity index (χ0v) is 16.2. The molecule has 0 saturated heterocycles. The lowest BCUT2D eigenvalue weighted by atomic mass is 9.37. The summed E-state index contributed by atoms with van der Waals surface area (Å²) in [6, 6.07) is 0. The van der Waals surface area contributed by atoms with Gasteiger partial charge in [0.2, 0.25) is 0 Å². The summed E-state index contributed by atoms with van der Waals surface area (Å²) in [4.78, 5) is 52.7. The summed E-state index contributed by atoms with van der Waals surface area (Å²) in [5.74, 6) is 0.00431. The Hall–Kier alpha value is -1.72. The van der Waals surface area contributed by atoms with E-state index in [1.807, 2.05) is 0 Å². The van der Waals surface area contributed by atoms with Crippen LogP contribution in [0, 0.1) is 57.2 Å². The first-order chi connectivity index (χ1) is 13.4. The molecular formula is C22H24O6. The van der Waals surface area contributed by atoms with Crippen molar-refractivity contribution in [3.8, 4) is 0 Å². The Balaban J connectivity index is 1.53. The minimum atomic E-state index is -0.963. The molecule has 0 N–H and O–H groups in total. The third kappa shape index (κ3) is 1.03. The van der Waals surface area contributed by atoms with Crippen LogP contribution in [-0.2, 0) is 28.7 Å². The fraction of sp³-hybridized carbons (Fsp3) is 0.818. The van der Waals surface area contributed by atoms with Crippen LogP contribution in [0.2, 0.25) is 0 Å². The van der Waals surface area contributed by atoms with E-state index in [-0.39, 0.29) is 59.0 Å². The van der Waals surface area contributed by atoms with Gasteiger partial charge in [-0.2, -0.15) is 0 Å². The number of ketones is 2. The fourth-order valence-electron chi connectivity index (χ4n) is 10.9. The van der Waals surface area contributed by atoms with Crippen molar-refractivity contribution < 1.29 is 28.7 Å². The van der Waals surface area contributed by atoms with Crippen molar-refractivity contribution in [1.29, 1.82) is 0 Å². The molecule has 8 fully saturated rings. The number of rotatable bonds is 2. The van der Waals surface area contributed by atoms with Crippen LogP contribution in [0.1, 0.15) is 38.5 Å². The maximum absolute atomic E-state index is 13.5. The van der Waals surface area contributed by atoms with Crippen molar-refractivity contribution in [2.24, 2.45) is 57.2 Å². The number of carbonyl (C=O) groups excluding carboxylic acids is 4. The van der Waals surface area contributed by atoms with E-state index in [0.717, 1.165) is 12.8 Å². The Labute approximate surface area is 162 Å². The van der Waals surface area contributed by atoms with Crippen LogP contribution in [0.3, 0.4) is 0 Å². The Morgan fingerprint density at radius 1 is 0.786 bits per heavy atom. The molecule has 0 aliphatic heterocycles. The van der Waals surface area contributed by atoms with E-state index in [1.54, 1.807) is 0 Å². The van der Waals surface area contributed by atoms with E-state index in [2.05, 4.69) is 0 Å². The van der Waals surface area contributed by atoms with Crippen molar-refractivity contribution in [2.45, 2.75) is 38.5 Å². The van der Waals surface area contributed by atoms with Crippen molar-refractivity contribution in [2.75, 3.05) is 14.2 Å². The maximum atomic E-state index is 13.5. The van der Waals surface area contributed by atoms with Crippen LogP contribution in [0.5, 0.6) is 0 Å². The van der Waals surface area contributed by atoms with Crippen molar-refractivity contribution in [1.82, 2.24) is 0 Å². The monoisotopic (exact) mass is 384 g/mol. The summed E-state index contributed by atoms with van der Waals surface area (Å²) in [6.07, 6.45) is 4.21. The van der Waals surface area contributed by atoms with Gasteiger partial charge in [0, 0.05) is 23.7 Å². The third-order valence-electron chi connectivity index (χ3n) is 11.1. The van der Waals surface area contributed by atoms with Crippen LogP contribution in [0.25, 0.3) is 0 Å². The van der Waals surface area contributed by atoms with Gasteiger partial charge in [-0.1, -0.05) is 0 Å². The Bertz CT molecular complexity index is 850. The van der Waals surface area contributed by atoms with E-state index in [1.165, 1.54) is 14.2 Å². The number of hydrogen-bond donors (Lipinski definition) is 0. The van der Waals surface area contributed by atoms with E-state index < -0.39 is 21.7 Å². The molecule has 2 spiro atoms. The topological polar surface area (TPSA) is 86.7 Å². The molecule has 0 aromatic rings. The summed E-state index contributed by atoms with van der Waals surface area (Å²) in [5, 5.41) is 0. The molecule has 0 amide bonds. The first-order valence-electron chi connectivity index (χ1n) is 10.6. The highest BCUT2D eigenvalue weighted by atomic mass is 16.5. The molecule has 0 heterocycles. The van der Waals surface area contributed by atoms with Crippen LogP contribution < -0.4 is 0 Å². The minimum absolute atomic E-state index is 0.0230. The molecule has 0 aromatic carbocycles. The van der Waals surface area contributed by atoms with Crippen LogP contribution in [0.15, 0.2) is 0 Å². The quantitative estimate of drug-likeness (QED) is 0.672. The lowest BCUT2D eigenvalue weighted by Crippen LogP contribution is -2.70. The molecule has 28 heavy (non-hydrogen) atoms. The molecular weight excluding hydrogens is 360 g/mol. The van der Waals surface area contributed by atoms with Crippen molar-refractivity contribution >= 4 is 23.5 Å². The molecule has 0 aromatic heterocycles. The van der Waals surface area contributed by atoms with Gasteiger partial charge in [-0.15, -0.1) is 0 Å². The molecule has 8 saturated carbocycles. The molecule has 8 aliphatic rings. The molecule has 8 aliphatic carbocycles. The number of esters is 2. The number of hydrogen-bond acceptors (Lipinski definition) is 6. The van der Waals surface area contributed by atoms with Gasteiger partial charge >= 0.3 is 11.9 Å². The second-order valence-electron chi connectivity index (χ2n) is 10.6. The zero-order valence-electron chi connectivity index (χ0n) is 16.2. The highest BCUT2D eigenvalue weighted by Gasteiger charge is 3.02. The standard InChI is InChI=1S/C22H24O6/c1-27-17(25)21-9-7-20(6-4-12(20)24)16-13(9)14-10(22(16,21)18(26)28-2)8-19(15(14)21)5-3-11(19)23/h9-10,13-16H,3-8H2,1-2H3/t9-,10-,13-,14+,15+,16-,19-,20+,21+,22+/m0/s1. The molecule has 0 unspecified atom stereocenters. The van der Waals surface area contributed by atoms with Crippen molar-refractivity contribution in [3.63, 3.8) is 0 Å². The predicted octanol–water partition coefficient (Wildman–Crippen LogP) is 1.55. The second-order valence-corrected chi connectivity index (χ2v) is 10.6. The van der Waals surface area contributed by atoms with Gasteiger partial charge in [0.1, 0.15) is 11.6 Å². The number of carbonyl (C=O) groups is 4. The summed E-state index contributed by atoms with van der Waals surface area (Å²) in [7, 11) is 2.79. The molecule has 148 valence electrons. The van der Waals surface area contributed by atoms with Crippen LogP contribution >= 0.6 is 0 Å². The summed E-state index contributed by atoms with van der Waals surface area (Å²) >= 11 is 0. The third-order valence-corrected chi connectivity index (χ3v) is 11.1. The summed E-state index contributed by atoms with van der Waals surface area (Å²) < 4.78 is 10.8. The molecule has 0 radical (unpaired) electrons. The van der Waals surface area contributed by atoms with Gasteiger partial charge in [0.05, 0.1) is 25.0 Å². The smallest absolute Gasteiger partial charge is 0.313 e. The Kier molecular flexibility index (Phi) is 2.36. The minimum Gasteiger partial charge on any atom is -0.469 e. The normalized spacial score (nSPS) is 60.6. The fourth-order valence-corrected chi connectivity index (χ4v) is 10.9. The SMILES string of the molecule is COC(=O)[C@]12[C@@H]3[C@H]4[C@@H]5[C@@H]1C[C@@]1(CCC1=O)[C@H]5[C@@]2(C(=O)OC)[C@H]4C[C@]31CCC1=O. The van der Waals surface area contributed by atoms with Crippen molar-refractivity contribution in [3.05, 3.63) is 0 Å². The average molecular weight is 384 g/mol. The van der Waals surface area contributed by atoms with Gasteiger partial charge in [-0.3, -0.25) is 19.2 Å². The zero-order chi connectivity index (χ0) is 19.4. The van der Waals surface area contributed by atoms with E-state index in [0.29, 0.717) is 25.7 Å². The Morgan fingerprint density at radius 3 is 1.43 bits per heavy atom. The first kappa shape index (κ1) is 16.1. The Morgan fingerprint density at radius 2 is 1.18 bits per heavy atom.